The highest BCUT2D eigenvalue weighted by molar-refractivity contribution is 6.00. The number of nitrogens with two attached hydrogens (primary N) is 1. The molecule has 32 heavy (non-hydrogen) atoms. The number of nitriles is 1. The number of nitrogens with one attached hydrogen (secondary N) is 1. The number of aromatic nitrogens is 4. The highest BCUT2D eigenvalue weighted by Crippen LogP contribution is 2.38. The summed E-state index contributed by atoms with van der Waals surface area (Å²) in [6, 6.07) is 9.89. The zero-order chi connectivity index (χ0) is 22.4. The van der Waals surface area contributed by atoms with E-state index in [1.165, 1.54) is 12.1 Å². The summed E-state index contributed by atoms with van der Waals surface area (Å²) in [5, 5.41) is 27.5. The van der Waals surface area contributed by atoms with E-state index in [1.807, 2.05) is 19.1 Å². The Kier molecular flexibility index (Phi) is 4.72. The molecule has 1 aliphatic rings. The summed E-state index contributed by atoms with van der Waals surface area (Å²) in [7, 11) is 0. The lowest BCUT2D eigenvalue weighted by Gasteiger charge is -2.17. The van der Waals surface area contributed by atoms with Crippen LogP contribution in [0.4, 0.5) is 10.2 Å². The van der Waals surface area contributed by atoms with Gasteiger partial charge in [-0.2, -0.15) is 10.4 Å². The quantitative estimate of drug-likeness (QED) is 0.456. The number of aromatic amines is 1. The minimum absolute atomic E-state index is 0.110. The summed E-state index contributed by atoms with van der Waals surface area (Å²) in [4.78, 5) is 11.2. The van der Waals surface area contributed by atoms with Gasteiger partial charge in [0.2, 0.25) is 0 Å². The third-order valence-electron chi connectivity index (χ3n) is 5.79. The number of halogens is 1. The van der Waals surface area contributed by atoms with E-state index < -0.39 is 5.82 Å². The van der Waals surface area contributed by atoms with E-state index in [2.05, 4.69) is 31.1 Å². The van der Waals surface area contributed by atoms with Crippen LogP contribution in [0.25, 0.3) is 33.4 Å². The monoisotopic (exact) mass is 429 g/mol. The second-order valence-corrected chi connectivity index (χ2v) is 7.93. The Hall–Kier alpha value is -4.03. The van der Waals surface area contributed by atoms with E-state index >= 15 is 0 Å². The third kappa shape index (κ3) is 3.21. The molecular formula is C23H20FN7O. The zero-order valence-corrected chi connectivity index (χ0v) is 17.3. The number of aryl methyl sites for hydroxylation is 1. The van der Waals surface area contributed by atoms with Crippen molar-refractivity contribution in [2.75, 3.05) is 18.0 Å². The molecule has 1 unspecified atom stereocenters. The van der Waals surface area contributed by atoms with Crippen LogP contribution in [0.1, 0.15) is 17.7 Å². The maximum Gasteiger partial charge on any atom is 0.182 e. The first kappa shape index (κ1) is 19.9. The summed E-state index contributed by atoms with van der Waals surface area (Å²) in [6.07, 6.45) is 2.63. The molecule has 0 spiro atoms. The number of aromatic hydroxyl groups is 1. The Morgan fingerprint density at radius 2 is 2.16 bits per heavy atom. The number of phenols is 1. The minimum atomic E-state index is -0.676. The Morgan fingerprint density at radius 1 is 1.31 bits per heavy atom. The van der Waals surface area contributed by atoms with Gasteiger partial charge in [-0.05, 0) is 37.6 Å². The normalized spacial score (nSPS) is 15.9. The number of rotatable bonds is 3. The van der Waals surface area contributed by atoms with E-state index in [-0.39, 0.29) is 28.6 Å². The smallest absolute Gasteiger partial charge is 0.182 e. The predicted octanol–water partition coefficient (Wildman–Crippen LogP) is 3.25. The number of benzene rings is 1. The molecule has 4 N–H and O–H groups in total. The molecule has 1 fully saturated rings. The second kappa shape index (κ2) is 7.59. The molecular weight excluding hydrogens is 409 g/mol. The van der Waals surface area contributed by atoms with Gasteiger partial charge in [-0.3, -0.25) is 5.10 Å². The van der Waals surface area contributed by atoms with Gasteiger partial charge in [-0.1, -0.05) is 0 Å². The van der Waals surface area contributed by atoms with Crippen molar-refractivity contribution in [2.45, 2.75) is 19.4 Å². The van der Waals surface area contributed by atoms with Gasteiger partial charge in [-0.15, -0.1) is 0 Å². The van der Waals surface area contributed by atoms with Crippen molar-refractivity contribution in [3.63, 3.8) is 0 Å². The van der Waals surface area contributed by atoms with Crippen LogP contribution in [0.2, 0.25) is 0 Å². The maximum atomic E-state index is 14.7. The van der Waals surface area contributed by atoms with E-state index in [0.29, 0.717) is 22.2 Å². The number of anilines is 1. The topological polar surface area (TPSA) is 128 Å². The van der Waals surface area contributed by atoms with Gasteiger partial charge in [0.15, 0.2) is 5.65 Å². The average Bonchev–Trinajstić information content (AvgIpc) is 3.38. The van der Waals surface area contributed by atoms with Gasteiger partial charge in [0, 0.05) is 53.8 Å². The molecule has 1 aliphatic heterocycles. The number of fused-ring (bicyclic) bond motifs is 1. The summed E-state index contributed by atoms with van der Waals surface area (Å²) in [5.41, 5.74) is 8.89. The molecule has 8 nitrogen and oxygen atoms in total. The Balaban J connectivity index is 1.71. The van der Waals surface area contributed by atoms with Crippen LogP contribution in [-0.4, -0.2) is 44.4 Å². The van der Waals surface area contributed by atoms with Crippen LogP contribution in [0.15, 0.2) is 36.5 Å². The molecule has 0 bridgehead atoms. The number of H-pyrrole nitrogens is 1. The number of pyridine rings is 2. The van der Waals surface area contributed by atoms with Crippen molar-refractivity contribution in [1.82, 2.24) is 20.2 Å². The predicted molar refractivity (Wildman–Crippen MR) is 118 cm³/mol. The van der Waals surface area contributed by atoms with Crippen molar-refractivity contribution in [1.29, 1.82) is 5.26 Å². The van der Waals surface area contributed by atoms with Crippen molar-refractivity contribution >= 4 is 16.9 Å². The van der Waals surface area contributed by atoms with Crippen molar-refractivity contribution in [2.24, 2.45) is 5.73 Å². The Morgan fingerprint density at radius 3 is 2.81 bits per heavy atom. The lowest BCUT2D eigenvalue weighted by atomic mass is 9.94. The number of hydrogen-bond donors (Lipinski definition) is 3. The van der Waals surface area contributed by atoms with Gasteiger partial charge in [-0.25, -0.2) is 14.4 Å². The first-order valence-electron chi connectivity index (χ1n) is 10.2. The highest BCUT2D eigenvalue weighted by atomic mass is 19.1. The molecule has 0 aliphatic carbocycles. The van der Waals surface area contributed by atoms with Crippen LogP contribution in [0, 0.1) is 24.1 Å². The lowest BCUT2D eigenvalue weighted by molar-refractivity contribution is 0.469. The molecule has 4 heterocycles. The third-order valence-corrected chi connectivity index (χ3v) is 5.79. The molecule has 0 radical (unpaired) electrons. The maximum absolute atomic E-state index is 14.7. The standard InChI is InChI=1S/C23H20FN7O/c1-12-20-21(13-2-5-19(27-10-13)31-7-6-14(26)11-31)17(9-25)22(28-23(20)30-29-12)16-4-3-15(32)8-18(16)24/h2-5,8,10,14,32H,6-7,11,26H2,1H3,(H,28,29,30). The fourth-order valence-corrected chi connectivity index (χ4v) is 4.21. The summed E-state index contributed by atoms with van der Waals surface area (Å²) < 4.78 is 14.7. The largest absolute Gasteiger partial charge is 0.508 e. The molecule has 160 valence electrons. The van der Waals surface area contributed by atoms with Gasteiger partial charge in [0.25, 0.3) is 0 Å². The lowest BCUT2D eigenvalue weighted by Crippen LogP contribution is -2.26. The highest BCUT2D eigenvalue weighted by Gasteiger charge is 2.24. The molecule has 3 aromatic heterocycles. The van der Waals surface area contributed by atoms with Gasteiger partial charge in [0.1, 0.15) is 23.5 Å². The Bertz CT molecular complexity index is 1370. The molecule has 4 aromatic rings. The van der Waals surface area contributed by atoms with Crippen LogP contribution in [0.3, 0.4) is 0 Å². The molecule has 5 rings (SSSR count). The first-order valence-corrected chi connectivity index (χ1v) is 10.2. The summed E-state index contributed by atoms with van der Waals surface area (Å²) >= 11 is 0. The van der Waals surface area contributed by atoms with Crippen molar-refractivity contribution < 1.29 is 9.50 Å². The second-order valence-electron chi connectivity index (χ2n) is 7.93. The molecule has 1 aromatic carbocycles. The van der Waals surface area contributed by atoms with E-state index in [4.69, 9.17) is 5.73 Å². The molecule has 0 amide bonds. The number of hydrogen-bond acceptors (Lipinski definition) is 7. The Labute approximate surface area is 183 Å². The minimum Gasteiger partial charge on any atom is -0.508 e. The van der Waals surface area contributed by atoms with Crippen LogP contribution >= 0.6 is 0 Å². The number of nitrogens with zero attached hydrogens (tertiary/aromatic N) is 5. The SMILES string of the molecule is Cc1[nH]nc2nc(-c3ccc(O)cc3F)c(C#N)c(-c3ccc(N4CCC(N)C4)nc3)c12. The molecule has 0 saturated carbocycles. The van der Waals surface area contributed by atoms with Crippen molar-refractivity contribution in [3.8, 4) is 34.2 Å². The molecule has 1 saturated heterocycles. The fourth-order valence-electron chi connectivity index (χ4n) is 4.21. The van der Waals surface area contributed by atoms with E-state index in [0.717, 1.165) is 37.1 Å². The zero-order valence-electron chi connectivity index (χ0n) is 17.3. The molecule has 1 atom stereocenters. The fraction of sp³-hybridized carbons (Fsp3) is 0.217. The van der Waals surface area contributed by atoms with Gasteiger partial charge >= 0.3 is 0 Å². The average molecular weight is 429 g/mol. The summed E-state index contributed by atoms with van der Waals surface area (Å²) in [6.45, 7) is 3.44. The first-order chi connectivity index (χ1) is 15.5. The molecule has 9 heteroatoms. The number of phenolic OH excluding ortho intramolecular Hbond substituents is 1. The van der Waals surface area contributed by atoms with E-state index in [9.17, 15) is 14.8 Å². The van der Waals surface area contributed by atoms with Crippen LogP contribution in [-0.2, 0) is 0 Å². The van der Waals surface area contributed by atoms with Gasteiger partial charge < -0.3 is 15.7 Å². The van der Waals surface area contributed by atoms with E-state index in [1.54, 1.807) is 6.20 Å². The summed E-state index contributed by atoms with van der Waals surface area (Å²) in [5.74, 6) is -0.0623. The van der Waals surface area contributed by atoms with Crippen molar-refractivity contribution in [3.05, 3.63) is 53.6 Å². The van der Waals surface area contributed by atoms with Gasteiger partial charge in [0.05, 0.1) is 16.6 Å². The van der Waals surface area contributed by atoms with Crippen LogP contribution < -0.4 is 10.6 Å². The van der Waals surface area contributed by atoms with Crippen LogP contribution in [0.5, 0.6) is 5.75 Å².